The number of ether oxygens (including phenoxy) is 2. The Bertz CT molecular complexity index is 698. The standard InChI is InChI=1S/C17H21NO4/c1-3-21-17(20)16-11(2)18(10-13-5-4-8-22-13)15-7-6-12(19)9-14(15)16/h6-7,9,13,19H,3-5,8,10H2,1-2H3/t13-/m0/s1. The highest BCUT2D eigenvalue weighted by molar-refractivity contribution is 6.06. The van der Waals surface area contributed by atoms with Crippen LogP contribution in [0.3, 0.4) is 0 Å². The molecule has 22 heavy (non-hydrogen) atoms. The van der Waals surface area contributed by atoms with Crippen molar-refractivity contribution in [3.05, 3.63) is 29.5 Å². The van der Waals surface area contributed by atoms with E-state index in [1.54, 1.807) is 19.1 Å². The number of nitrogens with zero attached hydrogens (tertiary/aromatic N) is 1. The number of hydrogen-bond acceptors (Lipinski definition) is 4. The van der Waals surface area contributed by atoms with E-state index >= 15 is 0 Å². The third kappa shape index (κ3) is 2.57. The molecule has 118 valence electrons. The highest BCUT2D eigenvalue weighted by Gasteiger charge is 2.24. The number of aromatic hydroxyl groups is 1. The summed E-state index contributed by atoms with van der Waals surface area (Å²) in [5, 5.41) is 10.5. The number of phenols is 1. The number of benzene rings is 1. The maximum Gasteiger partial charge on any atom is 0.340 e. The van der Waals surface area contributed by atoms with Gasteiger partial charge in [-0.1, -0.05) is 0 Å². The molecule has 1 aromatic carbocycles. The molecular weight excluding hydrogens is 282 g/mol. The molecule has 1 saturated heterocycles. The minimum atomic E-state index is -0.346. The van der Waals surface area contributed by atoms with Gasteiger partial charge in [0.25, 0.3) is 0 Å². The van der Waals surface area contributed by atoms with Gasteiger partial charge in [0.15, 0.2) is 0 Å². The normalized spacial score (nSPS) is 18.0. The summed E-state index contributed by atoms with van der Waals surface area (Å²) in [7, 11) is 0. The fraction of sp³-hybridized carbons (Fsp3) is 0.471. The van der Waals surface area contributed by atoms with E-state index in [1.165, 1.54) is 0 Å². The molecular formula is C17H21NO4. The van der Waals surface area contributed by atoms with Crippen LogP contribution in [0.15, 0.2) is 18.2 Å². The van der Waals surface area contributed by atoms with Gasteiger partial charge in [0.2, 0.25) is 0 Å². The van der Waals surface area contributed by atoms with Crippen molar-refractivity contribution in [2.45, 2.75) is 39.3 Å². The van der Waals surface area contributed by atoms with Crippen LogP contribution in [-0.2, 0) is 16.0 Å². The number of aromatic nitrogens is 1. The van der Waals surface area contributed by atoms with E-state index in [9.17, 15) is 9.90 Å². The molecule has 0 radical (unpaired) electrons. The molecule has 1 aliphatic rings. The van der Waals surface area contributed by atoms with Gasteiger partial charge in [-0.15, -0.1) is 0 Å². The third-order valence-corrected chi connectivity index (χ3v) is 4.20. The van der Waals surface area contributed by atoms with Crippen LogP contribution in [0.5, 0.6) is 5.75 Å². The molecule has 3 rings (SSSR count). The highest BCUT2D eigenvalue weighted by Crippen LogP contribution is 2.31. The van der Waals surface area contributed by atoms with Crippen molar-refractivity contribution in [3.8, 4) is 5.75 Å². The lowest BCUT2D eigenvalue weighted by molar-refractivity contribution is 0.0526. The zero-order chi connectivity index (χ0) is 15.7. The summed E-state index contributed by atoms with van der Waals surface area (Å²) in [6.45, 7) is 5.55. The Morgan fingerprint density at radius 3 is 3.00 bits per heavy atom. The van der Waals surface area contributed by atoms with E-state index in [0.717, 1.165) is 36.0 Å². The topological polar surface area (TPSA) is 60.7 Å². The van der Waals surface area contributed by atoms with Crippen molar-refractivity contribution >= 4 is 16.9 Å². The Hall–Kier alpha value is -2.01. The van der Waals surface area contributed by atoms with Crippen LogP contribution in [-0.4, -0.2) is 35.0 Å². The van der Waals surface area contributed by atoms with Gasteiger partial charge in [0.05, 0.1) is 18.3 Å². The summed E-state index contributed by atoms with van der Waals surface area (Å²) >= 11 is 0. The maximum atomic E-state index is 12.3. The van der Waals surface area contributed by atoms with E-state index in [1.807, 2.05) is 13.0 Å². The number of hydrogen-bond donors (Lipinski definition) is 1. The molecule has 0 saturated carbocycles. The molecule has 1 N–H and O–H groups in total. The lowest BCUT2D eigenvalue weighted by atomic mass is 10.1. The van der Waals surface area contributed by atoms with Crippen LogP contribution in [0, 0.1) is 6.92 Å². The minimum absolute atomic E-state index is 0.146. The van der Waals surface area contributed by atoms with Gasteiger partial charge in [0, 0.05) is 29.7 Å². The fourth-order valence-electron chi connectivity index (χ4n) is 3.16. The molecule has 1 atom stereocenters. The first-order valence-electron chi connectivity index (χ1n) is 7.72. The first-order valence-corrected chi connectivity index (χ1v) is 7.72. The molecule has 0 spiro atoms. The molecule has 1 aliphatic heterocycles. The van der Waals surface area contributed by atoms with Gasteiger partial charge >= 0.3 is 5.97 Å². The van der Waals surface area contributed by atoms with Crippen molar-refractivity contribution in [1.82, 2.24) is 4.57 Å². The largest absolute Gasteiger partial charge is 0.508 e. The summed E-state index contributed by atoms with van der Waals surface area (Å²) in [6.07, 6.45) is 2.29. The second-order valence-electron chi connectivity index (χ2n) is 5.63. The number of esters is 1. The van der Waals surface area contributed by atoms with E-state index < -0.39 is 0 Å². The maximum absolute atomic E-state index is 12.3. The van der Waals surface area contributed by atoms with Crippen LogP contribution < -0.4 is 0 Å². The Morgan fingerprint density at radius 1 is 1.50 bits per heavy atom. The lowest BCUT2D eigenvalue weighted by Crippen LogP contribution is -2.16. The summed E-state index contributed by atoms with van der Waals surface area (Å²) in [5.74, 6) is -0.200. The molecule has 2 aromatic rings. The van der Waals surface area contributed by atoms with Crippen LogP contribution in [0.4, 0.5) is 0 Å². The molecule has 0 unspecified atom stereocenters. The fourth-order valence-corrected chi connectivity index (χ4v) is 3.16. The zero-order valence-corrected chi connectivity index (χ0v) is 13.0. The average molecular weight is 303 g/mol. The van der Waals surface area contributed by atoms with Crippen molar-refractivity contribution in [2.75, 3.05) is 13.2 Å². The van der Waals surface area contributed by atoms with E-state index in [0.29, 0.717) is 18.7 Å². The third-order valence-electron chi connectivity index (χ3n) is 4.20. The van der Waals surface area contributed by atoms with E-state index in [2.05, 4.69) is 4.57 Å². The van der Waals surface area contributed by atoms with Crippen molar-refractivity contribution in [2.24, 2.45) is 0 Å². The molecule has 5 heteroatoms. The van der Waals surface area contributed by atoms with Crippen LogP contribution in [0.2, 0.25) is 0 Å². The average Bonchev–Trinajstić information content (AvgIpc) is 3.07. The van der Waals surface area contributed by atoms with Gasteiger partial charge in [-0.25, -0.2) is 4.79 Å². The van der Waals surface area contributed by atoms with Crippen molar-refractivity contribution in [1.29, 1.82) is 0 Å². The van der Waals surface area contributed by atoms with Crippen LogP contribution in [0.25, 0.3) is 10.9 Å². The van der Waals surface area contributed by atoms with Gasteiger partial charge in [-0.3, -0.25) is 0 Å². The van der Waals surface area contributed by atoms with Gasteiger partial charge < -0.3 is 19.1 Å². The van der Waals surface area contributed by atoms with Gasteiger partial charge in [-0.05, 0) is 44.9 Å². The summed E-state index contributed by atoms with van der Waals surface area (Å²) in [5.41, 5.74) is 2.31. The first-order chi connectivity index (χ1) is 10.6. The molecule has 0 aliphatic carbocycles. The predicted octanol–water partition coefficient (Wildman–Crippen LogP) is 3.01. The number of carbonyl (C=O) groups is 1. The second-order valence-corrected chi connectivity index (χ2v) is 5.63. The summed E-state index contributed by atoms with van der Waals surface area (Å²) < 4.78 is 13.0. The highest BCUT2D eigenvalue weighted by atomic mass is 16.5. The van der Waals surface area contributed by atoms with Gasteiger partial charge in [-0.2, -0.15) is 0 Å². The smallest absolute Gasteiger partial charge is 0.340 e. The SMILES string of the molecule is CCOC(=O)c1c(C)n(C[C@@H]2CCCO2)c2ccc(O)cc12. The minimum Gasteiger partial charge on any atom is -0.508 e. The first kappa shape index (κ1) is 14.9. The summed E-state index contributed by atoms with van der Waals surface area (Å²) in [4.78, 5) is 12.3. The number of fused-ring (bicyclic) bond motifs is 1. The molecule has 5 nitrogen and oxygen atoms in total. The van der Waals surface area contributed by atoms with Gasteiger partial charge in [0.1, 0.15) is 5.75 Å². The molecule has 1 fully saturated rings. The predicted molar refractivity (Wildman–Crippen MR) is 83.3 cm³/mol. The molecule has 0 amide bonds. The Balaban J connectivity index is 2.10. The Morgan fingerprint density at radius 2 is 2.32 bits per heavy atom. The monoisotopic (exact) mass is 303 g/mol. The number of carbonyl (C=O) groups excluding carboxylic acids is 1. The number of phenolic OH excluding ortho intramolecular Hbond substituents is 1. The Kier molecular flexibility index (Phi) is 4.07. The molecule has 2 heterocycles. The van der Waals surface area contributed by atoms with Crippen molar-refractivity contribution < 1.29 is 19.4 Å². The van der Waals surface area contributed by atoms with Crippen LogP contribution in [0.1, 0.15) is 35.8 Å². The molecule has 1 aromatic heterocycles. The van der Waals surface area contributed by atoms with E-state index in [-0.39, 0.29) is 17.8 Å². The van der Waals surface area contributed by atoms with Crippen molar-refractivity contribution in [3.63, 3.8) is 0 Å². The summed E-state index contributed by atoms with van der Waals surface area (Å²) in [6, 6.07) is 5.11. The number of rotatable bonds is 4. The Labute approximate surface area is 129 Å². The second kappa shape index (κ2) is 6.01. The lowest BCUT2D eigenvalue weighted by Gasteiger charge is -2.14. The quantitative estimate of drug-likeness (QED) is 0.882. The van der Waals surface area contributed by atoms with Crippen LogP contribution >= 0.6 is 0 Å². The molecule has 0 bridgehead atoms. The zero-order valence-electron chi connectivity index (χ0n) is 13.0. The van der Waals surface area contributed by atoms with E-state index in [4.69, 9.17) is 9.47 Å².